The Balaban J connectivity index is 1.50. The van der Waals surface area contributed by atoms with Crippen LogP contribution < -0.4 is 14.4 Å². The van der Waals surface area contributed by atoms with E-state index in [0.29, 0.717) is 17.1 Å². The van der Waals surface area contributed by atoms with Crippen LogP contribution in [-0.4, -0.2) is 35.5 Å². The predicted molar refractivity (Wildman–Crippen MR) is 116 cm³/mol. The highest BCUT2D eigenvalue weighted by Gasteiger charge is 2.45. The number of amides is 3. The van der Waals surface area contributed by atoms with Crippen molar-refractivity contribution in [3.05, 3.63) is 89.5 Å². The molecule has 0 aliphatic carbocycles. The Bertz CT molecular complexity index is 1290. The average Bonchev–Trinajstić information content (AvgIpc) is 3.41. The molecule has 2 aliphatic heterocycles. The Morgan fingerprint density at radius 1 is 0.971 bits per heavy atom. The molecule has 1 unspecified atom stereocenters. The summed E-state index contributed by atoms with van der Waals surface area (Å²) in [5.74, 6) is -2.15. The van der Waals surface area contributed by atoms with Gasteiger partial charge >= 0.3 is 0 Å². The summed E-state index contributed by atoms with van der Waals surface area (Å²) in [6, 6.07) is 14.2. The minimum Gasteiger partial charge on any atom is -0.454 e. The van der Waals surface area contributed by atoms with Crippen LogP contribution in [0.2, 0.25) is 0 Å². The van der Waals surface area contributed by atoms with E-state index in [2.05, 4.69) is 0 Å². The molecule has 0 aromatic heterocycles. The van der Waals surface area contributed by atoms with Crippen molar-refractivity contribution in [3.8, 4) is 11.5 Å². The zero-order valence-electron chi connectivity index (χ0n) is 17.7. The number of imide groups is 1. The van der Waals surface area contributed by atoms with Crippen LogP contribution in [0.3, 0.4) is 0 Å². The summed E-state index contributed by atoms with van der Waals surface area (Å²) in [4.78, 5) is 41.6. The molecular formula is C25H18F2N2O5. The van der Waals surface area contributed by atoms with Gasteiger partial charge in [0, 0.05) is 6.54 Å². The molecule has 1 fully saturated rings. The molecule has 0 N–H and O–H groups in total. The normalized spacial score (nSPS) is 16.8. The number of rotatable bonds is 5. The fourth-order valence-electron chi connectivity index (χ4n) is 4.07. The van der Waals surface area contributed by atoms with Crippen LogP contribution in [0.1, 0.15) is 22.3 Å². The van der Waals surface area contributed by atoms with Crippen molar-refractivity contribution in [1.29, 1.82) is 0 Å². The summed E-state index contributed by atoms with van der Waals surface area (Å²) >= 11 is 0. The first-order chi connectivity index (χ1) is 16.4. The van der Waals surface area contributed by atoms with Crippen LogP contribution in [0.4, 0.5) is 14.5 Å². The number of hydrogen-bond acceptors (Lipinski definition) is 5. The topological polar surface area (TPSA) is 76.1 Å². The second kappa shape index (κ2) is 8.58. The standard InChI is InChI=1S/C25H18F2N2O5/c26-16-6-8-17(9-7-16)29-23(30)12-20(25(29)32)28(24(31)18-3-1-2-4-19(18)27)13-15-5-10-21-22(11-15)34-14-33-21/h1-11,20H,12-14H2. The van der Waals surface area contributed by atoms with Crippen LogP contribution in [0, 0.1) is 11.6 Å². The van der Waals surface area contributed by atoms with Gasteiger partial charge in [-0.2, -0.15) is 0 Å². The maximum atomic E-state index is 14.5. The van der Waals surface area contributed by atoms with E-state index in [1.807, 2.05) is 0 Å². The van der Waals surface area contributed by atoms with Crippen molar-refractivity contribution < 1.29 is 32.6 Å². The molecule has 34 heavy (non-hydrogen) atoms. The second-order valence-corrected chi connectivity index (χ2v) is 7.86. The van der Waals surface area contributed by atoms with Crippen LogP contribution in [-0.2, 0) is 16.1 Å². The van der Waals surface area contributed by atoms with Gasteiger partial charge < -0.3 is 14.4 Å². The first-order valence-electron chi connectivity index (χ1n) is 10.5. The molecule has 0 bridgehead atoms. The molecule has 0 radical (unpaired) electrons. The SMILES string of the molecule is O=C1CC(N(Cc2ccc3c(c2)OCO3)C(=O)c2ccccc2F)C(=O)N1c1ccc(F)cc1. The number of fused-ring (bicyclic) bond motifs is 1. The van der Waals surface area contributed by atoms with Gasteiger partial charge in [-0.1, -0.05) is 18.2 Å². The Morgan fingerprint density at radius 2 is 1.71 bits per heavy atom. The molecule has 9 heteroatoms. The van der Waals surface area contributed by atoms with Gasteiger partial charge in [0.2, 0.25) is 12.7 Å². The number of benzene rings is 3. The first-order valence-corrected chi connectivity index (χ1v) is 10.5. The van der Waals surface area contributed by atoms with Crippen LogP contribution in [0.15, 0.2) is 66.7 Å². The Labute approximate surface area is 193 Å². The summed E-state index contributed by atoms with van der Waals surface area (Å²) in [5, 5.41) is 0. The van der Waals surface area contributed by atoms with Crippen molar-refractivity contribution in [2.75, 3.05) is 11.7 Å². The van der Waals surface area contributed by atoms with E-state index in [4.69, 9.17) is 9.47 Å². The zero-order chi connectivity index (χ0) is 23.8. The number of halogens is 2. The highest BCUT2D eigenvalue weighted by atomic mass is 19.1. The summed E-state index contributed by atoms with van der Waals surface area (Å²) < 4.78 is 38.5. The van der Waals surface area contributed by atoms with Gasteiger partial charge in [-0.3, -0.25) is 14.4 Å². The van der Waals surface area contributed by atoms with Gasteiger partial charge in [-0.05, 0) is 54.1 Å². The molecule has 2 heterocycles. The van der Waals surface area contributed by atoms with E-state index in [1.54, 1.807) is 18.2 Å². The fraction of sp³-hybridized carbons (Fsp3) is 0.160. The quantitative estimate of drug-likeness (QED) is 0.539. The summed E-state index contributed by atoms with van der Waals surface area (Å²) in [7, 11) is 0. The molecule has 172 valence electrons. The third kappa shape index (κ3) is 3.85. The Kier molecular flexibility index (Phi) is 5.45. The number of carbonyl (C=O) groups is 3. The summed E-state index contributed by atoms with van der Waals surface area (Å²) in [5.41, 5.74) is 0.582. The fourth-order valence-corrected chi connectivity index (χ4v) is 4.07. The van der Waals surface area contributed by atoms with Crippen molar-refractivity contribution in [1.82, 2.24) is 4.90 Å². The van der Waals surface area contributed by atoms with Crippen molar-refractivity contribution >= 4 is 23.4 Å². The van der Waals surface area contributed by atoms with E-state index >= 15 is 0 Å². The number of anilines is 1. The molecule has 3 amide bonds. The van der Waals surface area contributed by atoms with Gasteiger partial charge in [-0.25, -0.2) is 13.7 Å². The highest BCUT2D eigenvalue weighted by Crippen LogP contribution is 2.34. The van der Waals surface area contributed by atoms with E-state index in [0.717, 1.165) is 23.1 Å². The molecule has 1 atom stereocenters. The lowest BCUT2D eigenvalue weighted by Gasteiger charge is -2.28. The number of hydrogen-bond donors (Lipinski definition) is 0. The minimum absolute atomic E-state index is 0.0684. The van der Waals surface area contributed by atoms with Crippen molar-refractivity contribution in [2.45, 2.75) is 19.0 Å². The number of ether oxygens (including phenoxy) is 2. The monoisotopic (exact) mass is 464 g/mol. The third-order valence-electron chi connectivity index (χ3n) is 5.74. The minimum atomic E-state index is -1.17. The predicted octanol–water partition coefficient (Wildman–Crippen LogP) is 3.67. The molecule has 0 spiro atoms. The maximum absolute atomic E-state index is 14.5. The van der Waals surface area contributed by atoms with Gasteiger partial charge in [0.15, 0.2) is 11.5 Å². The second-order valence-electron chi connectivity index (χ2n) is 7.86. The summed E-state index contributed by atoms with van der Waals surface area (Å²) in [6.45, 7) is -0.0103. The molecule has 0 saturated carbocycles. The largest absolute Gasteiger partial charge is 0.454 e. The van der Waals surface area contributed by atoms with E-state index in [1.165, 1.54) is 35.2 Å². The van der Waals surface area contributed by atoms with E-state index in [-0.39, 0.29) is 31.0 Å². The third-order valence-corrected chi connectivity index (χ3v) is 5.74. The number of nitrogens with zero attached hydrogens (tertiary/aromatic N) is 2. The first kappa shape index (κ1) is 21.6. The maximum Gasteiger partial charge on any atom is 0.257 e. The highest BCUT2D eigenvalue weighted by molar-refractivity contribution is 6.23. The average molecular weight is 464 g/mol. The molecule has 7 nitrogen and oxygen atoms in total. The van der Waals surface area contributed by atoms with E-state index in [9.17, 15) is 23.2 Å². The zero-order valence-corrected chi connectivity index (χ0v) is 17.7. The molecular weight excluding hydrogens is 446 g/mol. The number of carbonyl (C=O) groups excluding carboxylic acids is 3. The smallest absolute Gasteiger partial charge is 0.257 e. The summed E-state index contributed by atoms with van der Waals surface area (Å²) in [6.07, 6.45) is -0.291. The van der Waals surface area contributed by atoms with Gasteiger partial charge in [-0.15, -0.1) is 0 Å². The van der Waals surface area contributed by atoms with Gasteiger partial charge in [0.05, 0.1) is 17.7 Å². The molecule has 2 aliphatic rings. The van der Waals surface area contributed by atoms with E-state index < -0.39 is 35.4 Å². The van der Waals surface area contributed by atoms with Crippen LogP contribution in [0.25, 0.3) is 0 Å². The van der Waals surface area contributed by atoms with Crippen LogP contribution in [0.5, 0.6) is 11.5 Å². The molecule has 1 saturated heterocycles. The van der Waals surface area contributed by atoms with Gasteiger partial charge in [0.1, 0.15) is 17.7 Å². The molecule has 5 rings (SSSR count). The van der Waals surface area contributed by atoms with Crippen molar-refractivity contribution in [2.24, 2.45) is 0 Å². The van der Waals surface area contributed by atoms with Gasteiger partial charge in [0.25, 0.3) is 11.8 Å². The lowest BCUT2D eigenvalue weighted by atomic mass is 10.1. The Morgan fingerprint density at radius 3 is 2.47 bits per heavy atom. The lowest BCUT2D eigenvalue weighted by molar-refractivity contribution is -0.122. The molecule has 3 aromatic rings. The van der Waals surface area contributed by atoms with Crippen molar-refractivity contribution in [3.63, 3.8) is 0 Å². The Hall–Kier alpha value is -4.27. The molecule has 3 aromatic carbocycles. The van der Waals surface area contributed by atoms with Crippen LogP contribution >= 0.6 is 0 Å². The lowest BCUT2D eigenvalue weighted by Crippen LogP contribution is -2.45.